The van der Waals surface area contributed by atoms with Crippen LogP contribution in [0.2, 0.25) is 0 Å². The number of rotatable bonds is 5. The van der Waals surface area contributed by atoms with Crippen LogP contribution in [0.25, 0.3) is 0 Å². The molecule has 0 saturated carbocycles. The van der Waals surface area contributed by atoms with Crippen molar-refractivity contribution < 1.29 is 0 Å². The standard InChI is InChI=1S/C21H26N4S/c1-16-5-6-18(17(2)10-16)11-24-8-3-4-19(12-24)21-22-7-9-25(21)13-20-14-26-15-23-20/h5-7,9-10,14-15,19H,3-4,8,11-13H2,1-2H3/t19-/m0/s1. The highest BCUT2D eigenvalue weighted by Crippen LogP contribution is 2.27. The van der Waals surface area contributed by atoms with Gasteiger partial charge in [-0.1, -0.05) is 23.8 Å². The van der Waals surface area contributed by atoms with Gasteiger partial charge < -0.3 is 4.57 Å². The zero-order chi connectivity index (χ0) is 17.9. The molecule has 1 aliphatic rings. The van der Waals surface area contributed by atoms with Crippen molar-refractivity contribution in [2.75, 3.05) is 13.1 Å². The normalized spacial score (nSPS) is 18.3. The average Bonchev–Trinajstić information content (AvgIpc) is 3.30. The van der Waals surface area contributed by atoms with Crippen LogP contribution < -0.4 is 0 Å². The summed E-state index contributed by atoms with van der Waals surface area (Å²) in [6.07, 6.45) is 6.49. The molecule has 1 fully saturated rings. The van der Waals surface area contributed by atoms with Crippen molar-refractivity contribution in [3.8, 4) is 0 Å². The molecular formula is C21H26N4S. The number of aryl methyl sites for hydroxylation is 2. The summed E-state index contributed by atoms with van der Waals surface area (Å²) in [6, 6.07) is 6.80. The SMILES string of the molecule is Cc1ccc(CN2CCC[C@H](c3nccn3Cc3cscn3)C2)c(C)c1. The van der Waals surface area contributed by atoms with E-state index in [-0.39, 0.29) is 0 Å². The van der Waals surface area contributed by atoms with Gasteiger partial charge in [-0.25, -0.2) is 9.97 Å². The molecule has 0 N–H and O–H groups in total. The molecule has 0 spiro atoms. The Kier molecular flexibility index (Phi) is 5.18. The summed E-state index contributed by atoms with van der Waals surface area (Å²) >= 11 is 1.65. The number of nitrogens with zero attached hydrogens (tertiary/aromatic N) is 4. The summed E-state index contributed by atoms with van der Waals surface area (Å²) in [5, 5.41) is 2.12. The van der Waals surface area contributed by atoms with Gasteiger partial charge in [-0.3, -0.25) is 4.90 Å². The van der Waals surface area contributed by atoms with E-state index in [0.717, 1.165) is 25.3 Å². The van der Waals surface area contributed by atoms with Gasteiger partial charge in [-0.15, -0.1) is 11.3 Å². The molecule has 0 aliphatic carbocycles. The van der Waals surface area contributed by atoms with Crippen molar-refractivity contribution in [2.24, 2.45) is 0 Å². The number of thiazole rings is 1. The van der Waals surface area contributed by atoms with Crippen molar-refractivity contribution in [1.29, 1.82) is 0 Å². The van der Waals surface area contributed by atoms with Crippen molar-refractivity contribution in [1.82, 2.24) is 19.4 Å². The maximum Gasteiger partial charge on any atom is 0.113 e. The third-order valence-electron chi connectivity index (χ3n) is 5.33. The minimum Gasteiger partial charge on any atom is -0.329 e. The van der Waals surface area contributed by atoms with Crippen molar-refractivity contribution >= 4 is 11.3 Å². The quantitative estimate of drug-likeness (QED) is 0.672. The lowest BCUT2D eigenvalue weighted by Crippen LogP contribution is -2.35. The lowest BCUT2D eigenvalue weighted by Gasteiger charge is -2.33. The Morgan fingerprint density at radius 2 is 2.12 bits per heavy atom. The molecule has 0 bridgehead atoms. The molecule has 1 aromatic carbocycles. The van der Waals surface area contributed by atoms with E-state index in [2.05, 4.69) is 58.1 Å². The first-order valence-electron chi connectivity index (χ1n) is 9.35. The van der Waals surface area contributed by atoms with E-state index in [4.69, 9.17) is 4.98 Å². The Balaban J connectivity index is 1.46. The van der Waals surface area contributed by atoms with Crippen LogP contribution in [0.1, 0.15) is 47.0 Å². The highest BCUT2D eigenvalue weighted by molar-refractivity contribution is 7.07. The lowest BCUT2D eigenvalue weighted by atomic mass is 9.96. The molecule has 1 saturated heterocycles. The molecule has 0 unspecified atom stereocenters. The first kappa shape index (κ1) is 17.4. The zero-order valence-corrected chi connectivity index (χ0v) is 16.4. The molecule has 4 nitrogen and oxygen atoms in total. The van der Waals surface area contributed by atoms with E-state index in [1.54, 1.807) is 11.3 Å². The second-order valence-corrected chi connectivity index (χ2v) is 8.12. The Bertz CT molecular complexity index is 853. The van der Waals surface area contributed by atoms with Crippen LogP contribution >= 0.6 is 11.3 Å². The number of hydrogen-bond acceptors (Lipinski definition) is 4. The van der Waals surface area contributed by atoms with Gasteiger partial charge in [0, 0.05) is 36.8 Å². The van der Waals surface area contributed by atoms with Gasteiger partial charge in [-0.05, 0) is 44.4 Å². The van der Waals surface area contributed by atoms with Gasteiger partial charge >= 0.3 is 0 Å². The van der Waals surface area contributed by atoms with E-state index >= 15 is 0 Å². The van der Waals surface area contributed by atoms with Crippen LogP contribution in [0.4, 0.5) is 0 Å². The summed E-state index contributed by atoms with van der Waals surface area (Å²) < 4.78 is 2.28. The van der Waals surface area contributed by atoms with Gasteiger partial charge in [0.2, 0.25) is 0 Å². The maximum absolute atomic E-state index is 4.70. The monoisotopic (exact) mass is 366 g/mol. The fourth-order valence-corrected chi connectivity index (χ4v) is 4.53. The number of hydrogen-bond donors (Lipinski definition) is 0. The molecule has 2 aromatic heterocycles. The predicted molar refractivity (Wildman–Crippen MR) is 107 cm³/mol. The third-order valence-corrected chi connectivity index (χ3v) is 5.96. The van der Waals surface area contributed by atoms with E-state index in [9.17, 15) is 0 Å². The predicted octanol–water partition coefficient (Wildman–Crippen LogP) is 4.38. The minimum absolute atomic E-state index is 0.503. The third kappa shape index (κ3) is 3.89. The van der Waals surface area contributed by atoms with E-state index in [0.29, 0.717) is 5.92 Å². The molecule has 136 valence electrons. The number of piperidine rings is 1. The summed E-state index contributed by atoms with van der Waals surface area (Å²) in [5.41, 5.74) is 7.21. The highest BCUT2D eigenvalue weighted by Gasteiger charge is 2.25. The Labute approximate surface area is 159 Å². The number of aromatic nitrogens is 3. The van der Waals surface area contributed by atoms with Crippen LogP contribution in [-0.2, 0) is 13.1 Å². The summed E-state index contributed by atoms with van der Waals surface area (Å²) in [7, 11) is 0. The smallest absolute Gasteiger partial charge is 0.113 e. The van der Waals surface area contributed by atoms with Crippen molar-refractivity contribution in [3.63, 3.8) is 0 Å². The van der Waals surface area contributed by atoms with Crippen LogP contribution in [-0.4, -0.2) is 32.5 Å². The van der Waals surface area contributed by atoms with Crippen LogP contribution in [0, 0.1) is 13.8 Å². The summed E-state index contributed by atoms with van der Waals surface area (Å²) in [6.45, 7) is 8.51. The van der Waals surface area contributed by atoms with E-state index in [1.807, 2.05) is 11.7 Å². The molecular weight excluding hydrogens is 340 g/mol. The highest BCUT2D eigenvalue weighted by atomic mass is 32.1. The Hall–Kier alpha value is -1.98. The van der Waals surface area contributed by atoms with Gasteiger partial charge in [-0.2, -0.15) is 0 Å². The Morgan fingerprint density at radius 1 is 1.19 bits per heavy atom. The molecule has 4 rings (SSSR count). The van der Waals surface area contributed by atoms with Crippen molar-refractivity contribution in [2.45, 2.75) is 45.7 Å². The first-order valence-corrected chi connectivity index (χ1v) is 10.3. The van der Waals surface area contributed by atoms with E-state index < -0.39 is 0 Å². The molecule has 0 amide bonds. The largest absolute Gasteiger partial charge is 0.329 e. The molecule has 26 heavy (non-hydrogen) atoms. The second kappa shape index (κ2) is 7.72. The van der Waals surface area contributed by atoms with Gasteiger partial charge in [0.25, 0.3) is 0 Å². The molecule has 0 radical (unpaired) electrons. The summed E-state index contributed by atoms with van der Waals surface area (Å²) in [4.78, 5) is 11.7. The van der Waals surface area contributed by atoms with Gasteiger partial charge in [0.1, 0.15) is 5.82 Å². The average molecular weight is 367 g/mol. The maximum atomic E-state index is 4.70. The Morgan fingerprint density at radius 3 is 2.92 bits per heavy atom. The number of likely N-dealkylation sites (tertiary alicyclic amines) is 1. The second-order valence-electron chi connectivity index (χ2n) is 7.40. The zero-order valence-electron chi connectivity index (χ0n) is 15.6. The summed E-state index contributed by atoms with van der Waals surface area (Å²) in [5.74, 6) is 1.71. The van der Waals surface area contributed by atoms with Crippen molar-refractivity contribution in [3.05, 3.63) is 69.7 Å². The molecule has 1 atom stereocenters. The lowest BCUT2D eigenvalue weighted by molar-refractivity contribution is 0.194. The van der Waals surface area contributed by atoms with Crippen LogP contribution in [0.3, 0.4) is 0 Å². The molecule has 3 aromatic rings. The van der Waals surface area contributed by atoms with Crippen LogP contribution in [0.5, 0.6) is 0 Å². The van der Waals surface area contributed by atoms with E-state index in [1.165, 1.54) is 41.9 Å². The van der Waals surface area contributed by atoms with Crippen LogP contribution in [0.15, 0.2) is 41.5 Å². The number of imidazole rings is 1. The number of benzene rings is 1. The fourth-order valence-electron chi connectivity index (χ4n) is 3.98. The molecule has 1 aliphatic heterocycles. The topological polar surface area (TPSA) is 34.0 Å². The van der Waals surface area contributed by atoms with Gasteiger partial charge in [0.05, 0.1) is 17.7 Å². The van der Waals surface area contributed by atoms with Gasteiger partial charge in [0.15, 0.2) is 0 Å². The molecule has 5 heteroatoms. The minimum atomic E-state index is 0.503. The molecule has 3 heterocycles. The first-order chi connectivity index (χ1) is 12.7. The fraction of sp³-hybridized carbons (Fsp3) is 0.429.